The lowest BCUT2D eigenvalue weighted by Gasteiger charge is -2.04. The van der Waals surface area contributed by atoms with E-state index >= 15 is 0 Å². The van der Waals surface area contributed by atoms with Crippen molar-refractivity contribution in [3.05, 3.63) is 28.8 Å². The maximum atomic E-state index is 12.7. The minimum Gasteiger partial charge on any atom is -0.420 e. The van der Waals surface area contributed by atoms with Gasteiger partial charge in [0.05, 0.1) is 12.0 Å². The number of hydrogen-bond donors (Lipinski definition) is 0. The summed E-state index contributed by atoms with van der Waals surface area (Å²) in [6.07, 6.45) is 2.55. The Morgan fingerprint density at radius 3 is 2.76 bits per heavy atom. The highest BCUT2D eigenvalue weighted by atomic mass is 79.9. The molecule has 0 N–H and O–H groups in total. The van der Waals surface area contributed by atoms with Crippen LogP contribution in [-0.2, 0) is 6.42 Å². The largest absolute Gasteiger partial charge is 0.420 e. The molecule has 4 nitrogen and oxygen atoms in total. The summed E-state index contributed by atoms with van der Waals surface area (Å²) in [6, 6.07) is 1.72. The fourth-order valence-electron chi connectivity index (χ4n) is 1.24. The molecule has 0 aromatic carbocycles. The summed E-state index contributed by atoms with van der Waals surface area (Å²) in [4.78, 5) is 3.92. The zero-order chi connectivity index (χ0) is 12.5. The number of alkyl halides is 2. The van der Waals surface area contributed by atoms with Gasteiger partial charge in [-0.2, -0.15) is 0 Å². The predicted molar refractivity (Wildman–Crippen MR) is 59.6 cm³/mol. The second-order valence-electron chi connectivity index (χ2n) is 3.64. The quantitative estimate of drug-likeness (QED) is 0.874. The molecule has 2 aromatic rings. The van der Waals surface area contributed by atoms with Crippen LogP contribution in [-0.4, -0.2) is 21.1 Å². The second-order valence-corrected chi connectivity index (χ2v) is 4.56. The Bertz CT molecular complexity index is 524. The van der Waals surface area contributed by atoms with Crippen molar-refractivity contribution in [2.24, 2.45) is 0 Å². The molecule has 0 amide bonds. The van der Waals surface area contributed by atoms with Crippen LogP contribution < -0.4 is 0 Å². The van der Waals surface area contributed by atoms with Crippen molar-refractivity contribution < 1.29 is 13.2 Å². The number of halogens is 3. The maximum Gasteiger partial charge on any atom is 0.254 e. The first-order valence-electron chi connectivity index (χ1n) is 4.75. The van der Waals surface area contributed by atoms with Gasteiger partial charge in [-0.25, -0.2) is 8.78 Å². The van der Waals surface area contributed by atoms with Gasteiger partial charge in [-0.05, 0) is 28.9 Å². The number of pyridine rings is 1. The van der Waals surface area contributed by atoms with E-state index in [1.54, 1.807) is 12.3 Å². The highest BCUT2D eigenvalue weighted by Crippen LogP contribution is 2.23. The molecule has 0 saturated heterocycles. The van der Waals surface area contributed by atoms with Crippen molar-refractivity contribution in [2.75, 3.05) is 0 Å². The molecule has 0 radical (unpaired) electrons. The van der Waals surface area contributed by atoms with E-state index in [4.69, 9.17) is 4.42 Å². The van der Waals surface area contributed by atoms with Crippen molar-refractivity contribution in [3.8, 4) is 11.5 Å². The van der Waals surface area contributed by atoms with Crippen molar-refractivity contribution in [1.82, 2.24) is 15.2 Å². The summed E-state index contributed by atoms with van der Waals surface area (Å²) in [5, 5.41) is 7.27. The SMILES string of the molecule is CC(F)(F)Cc1nnc(-c2cncc(Br)c2)o1. The van der Waals surface area contributed by atoms with Crippen LogP contribution in [0.1, 0.15) is 12.8 Å². The Balaban J connectivity index is 2.24. The molecule has 0 saturated carbocycles. The number of rotatable bonds is 3. The standard InChI is InChI=1S/C10H8BrF2N3O/c1-10(12,13)3-8-15-16-9(17-8)6-2-7(11)5-14-4-6/h2,4-5H,3H2,1H3. The molecule has 0 aliphatic heterocycles. The Morgan fingerprint density at radius 1 is 1.35 bits per heavy atom. The van der Waals surface area contributed by atoms with Crippen LogP contribution in [0, 0.1) is 0 Å². The van der Waals surface area contributed by atoms with Gasteiger partial charge in [0.15, 0.2) is 0 Å². The monoisotopic (exact) mass is 303 g/mol. The van der Waals surface area contributed by atoms with E-state index in [1.807, 2.05) is 0 Å². The Kier molecular flexibility index (Phi) is 3.19. The van der Waals surface area contributed by atoms with E-state index in [1.165, 1.54) is 6.20 Å². The topological polar surface area (TPSA) is 51.8 Å². The van der Waals surface area contributed by atoms with E-state index < -0.39 is 12.3 Å². The molecule has 7 heteroatoms. The van der Waals surface area contributed by atoms with Gasteiger partial charge in [-0.1, -0.05) is 0 Å². The average Bonchev–Trinajstić information content (AvgIpc) is 2.63. The predicted octanol–water partition coefficient (Wildman–Crippen LogP) is 3.09. The molecule has 2 rings (SSSR count). The van der Waals surface area contributed by atoms with Gasteiger partial charge >= 0.3 is 0 Å². The lowest BCUT2D eigenvalue weighted by molar-refractivity contribution is 0.0164. The zero-order valence-corrected chi connectivity index (χ0v) is 10.4. The second kappa shape index (κ2) is 4.48. The highest BCUT2D eigenvalue weighted by Gasteiger charge is 2.25. The van der Waals surface area contributed by atoms with E-state index in [9.17, 15) is 8.78 Å². The Hall–Kier alpha value is -1.37. The van der Waals surface area contributed by atoms with Gasteiger partial charge in [0.25, 0.3) is 5.92 Å². The maximum absolute atomic E-state index is 12.7. The summed E-state index contributed by atoms with van der Waals surface area (Å²) in [6.45, 7) is 0.803. The molecule has 90 valence electrons. The van der Waals surface area contributed by atoms with Crippen LogP contribution in [0.25, 0.3) is 11.5 Å². The first-order chi connectivity index (χ1) is 7.94. The van der Waals surface area contributed by atoms with Crippen molar-refractivity contribution in [2.45, 2.75) is 19.3 Å². The summed E-state index contributed by atoms with van der Waals surface area (Å²) in [5.74, 6) is -2.77. The molecule has 17 heavy (non-hydrogen) atoms. The lowest BCUT2D eigenvalue weighted by atomic mass is 10.3. The Morgan fingerprint density at radius 2 is 2.12 bits per heavy atom. The zero-order valence-electron chi connectivity index (χ0n) is 8.82. The molecule has 0 aliphatic rings. The van der Waals surface area contributed by atoms with E-state index in [2.05, 4.69) is 31.1 Å². The van der Waals surface area contributed by atoms with Gasteiger partial charge in [0, 0.05) is 16.9 Å². The smallest absolute Gasteiger partial charge is 0.254 e. The highest BCUT2D eigenvalue weighted by molar-refractivity contribution is 9.10. The molecular weight excluding hydrogens is 296 g/mol. The average molecular weight is 304 g/mol. The summed E-state index contributed by atoms with van der Waals surface area (Å²) >= 11 is 3.24. The van der Waals surface area contributed by atoms with Crippen LogP contribution in [0.2, 0.25) is 0 Å². The minimum atomic E-state index is -2.86. The molecule has 0 aliphatic carbocycles. The molecule has 0 atom stereocenters. The molecule has 2 heterocycles. The van der Waals surface area contributed by atoms with E-state index in [0.717, 1.165) is 11.4 Å². The van der Waals surface area contributed by atoms with Crippen LogP contribution in [0.4, 0.5) is 8.78 Å². The Labute approximate surface area is 104 Å². The van der Waals surface area contributed by atoms with Gasteiger partial charge in [0.1, 0.15) is 0 Å². The summed E-state index contributed by atoms with van der Waals surface area (Å²) in [7, 11) is 0. The number of hydrogen-bond acceptors (Lipinski definition) is 4. The molecule has 2 aromatic heterocycles. The van der Waals surface area contributed by atoms with E-state index in [0.29, 0.717) is 5.56 Å². The first kappa shape index (κ1) is 12.1. The fourth-order valence-corrected chi connectivity index (χ4v) is 1.60. The van der Waals surface area contributed by atoms with Crippen molar-refractivity contribution in [3.63, 3.8) is 0 Å². The first-order valence-corrected chi connectivity index (χ1v) is 5.54. The van der Waals surface area contributed by atoms with Gasteiger partial charge in [0.2, 0.25) is 11.8 Å². The normalized spacial score (nSPS) is 11.8. The molecular formula is C10H8BrF2N3O. The third kappa shape index (κ3) is 3.29. The lowest BCUT2D eigenvalue weighted by Crippen LogP contribution is -2.13. The van der Waals surface area contributed by atoms with Gasteiger partial charge < -0.3 is 4.42 Å². The fraction of sp³-hybridized carbons (Fsp3) is 0.300. The van der Waals surface area contributed by atoms with Crippen LogP contribution in [0.5, 0.6) is 0 Å². The third-order valence-corrected chi connectivity index (χ3v) is 2.31. The number of nitrogens with zero attached hydrogens (tertiary/aromatic N) is 3. The van der Waals surface area contributed by atoms with Crippen LogP contribution >= 0.6 is 15.9 Å². The number of aromatic nitrogens is 3. The molecule has 0 bridgehead atoms. The minimum absolute atomic E-state index is 0.0903. The van der Waals surface area contributed by atoms with Crippen LogP contribution in [0.3, 0.4) is 0 Å². The molecule has 0 fully saturated rings. The van der Waals surface area contributed by atoms with Crippen LogP contribution in [0.15, 0.2) is 27.3 Å². The van der Waals surface area contributed by atoms with Crippen molar-refractivity contribution in [1.29, 1.82) is 0 Å². The van der Waals surface area contributed by atoms with E-state index in [-0.39, 0.29) is 11.8 Å². The summed E-state index contributed by atoms with van der Waals surface area (Å²) in [5.41, 5.74) is 0.581. The third-order valence-electron chi connectivity index (χ3n) is 1.88. The van der Waals surface area contributed by atoms with Gasteiger partial charge in [-0.15, -0.1) is 10.2 Å². The molecule has 0 unspecified atom stereocenters. The van der Waals surface area contributed by atoms with Crippen molar-refractivity contribution >= 4 is 15.9 Å². The molecule has 0 spiro atoms. The van der Waals surface area contributed by atoms with Gasteiger partial charge in [-0.3, -0.25) is 4.98 Å². The summed E-state index contributed by atoms with van der Waals surface area (Å²) < 4.78 is 31.4.